The normalized spacial score (nSPS) is 11.2. The molecule has 0 bridgehead atoms. The maximum atomic E-state index is 11.4. The zero-order valence-electron chi connectivity index (χ0n) is 13.1. The number of ketones is 1. The molecule has 7 heteroatoms. The van der Waals surface area contributed by atoms with Crippen LogP contribution in [-0.4, -0.2) is 26.2 Å². The van der Waals surface area contributed by atoms with Gasteiger partial charge in [0.15, 0.2) is 17.3 Å². The number of carboxylic acids is 1. The fourth-order valence-electron chi connectivity index (χ4n) is 2.34. The average Bonchev–Trinajstić information content (AvgIpc) is 2.93. The molecule has 1 N–H and O–H groups in total. The molecule has 0 saturated carbocycles. The van der Waals surface area contributed by atoms with E-state index in [1.807, 2.05) is 13.0 Å². The number of aromatic carboxylic acids is 1. The summed E-state index contributed by atoms with van der Waals surface area (Å²) in [5.41, 5.74) is 2.22. The number of aromatic nitrogens is 2. The second-order valence-electron chi connectivity index (χ2n) is 5.25. The van der Waals surface area contributed by atoms with Gasteiger partial charge >= 0.3 is 5.97 Å². The molecular formula is C17H14N4O3. The molecular weight excluding hydrogens is 308 g/mol. The molecule has 0 fully saturated rings. The summed E-state index contributed by atoms with van der Waals surface area (Å²) < 4.78 is 1.64. The Morgan fingerprint density at radius 1 is 1.08 bits per heavy atom. The van der Waals surface area contributed by atoms with Crippen LogP contribution in [0.4, 0.5) is 11.5 Å². The van der Waals surface area contributed by atoms with E-state index in [9.17, 15) is 14.7 Å². The maximum absolute atomic E-state index is 11.4. The minimum absolute atomic E-state index is 0.0379. The SMILES string of the molecule is CC(=O)c1ccc(N=Nc2c(C(=O)O)nc3cccc(C)n23)cc1. The summed E-state index contributed by atoms with van der Waals surface area (Å²) in [6.07, 6.45) is 0. The zero-order chi connectivity index (χ0) is 17.3. The van der Waals surface area contributed by atoms with E-state index >= 15 is 0 Å². The lowest BCUT2D eigenvalue weighted by Crippen LogP contribution is -1.97. The number of rotatable bonds is 4. The van der Waals surface area contributed by atoms with Crippen molar-refractivity contribution in [2.45, 2.75) is 13.8 Å². The van der Waals surface area contributed by atoms with E-state index in [0.717, 1.165) is 5.69 Å². The quantitative estimate of drug-likeness (QED) is 0.581. The largest absolute Gasteiger partial charge is 0.476 e. The summed E-state index contributed by atoms with van der Waals surface area (Å²) >= 11 is 0. The number of hydrogen-bond donors (Lipinski definition) is 1. The van der Waals surface area contributed by atoms with E-state index in [0.29, 0.717) is 16.9 Å². The van der Waals surface area contributed by atoms with Gasteiger partial charge in [0.2, 0.25) is 0 Å². The summed E-state index contributed by atoms with van der Waals surface area (Å²) in [6.45, 7) is 3.32. The third-order valence-electron chi connectivity index (χ3n) is 3.55. The van der Waals surface area contributed by atoms with Crippen LogP contribution in [0.2, 0.25) is 0 Å². The van der Waals surface area contributed by atoms with Gasteiger partial charge in [-0.15, -0.1) is 10.2 Å². The standard InChI is InChI=1S/C17H14N4O3/c1-10-4-3-5-14-18-15(17(23)24)16(21(10)14)20-19-13-8-6-12(7-9-13)11(2)22/h3-9H,1-2H3,(H,23,24). The zero-order valence-corrected chi connectivity index (χ0v) is 13.1. The van der Waals surface area contributed by atoms with E-state index in [2.05, 4.69) is 15.2 Å². The van der Waals surface area contributed by atoms with Gasteiger partial charge in [0.1, 0.15) is 5.65 Å². The molecule has 0 aliphatic carbocycles. The van der Waals surface area contributed by atoms with Crippen molar-refractivity contribution in [1.29, 1.82) is 0 Å². The molecule has 2 aromatic heterocycles. The summed E-state index contributed by atoms with van der Waals surface area (Å²) in [7, 11) is 0. The first-order chi connectivity index (χ1) is 11.5. The van der Waals surface area contributed by atoms with Gasteiger partial charge in [-0.1, -0.05) is 6.07 Å². The summed E-state index contributed by atoms with van der Waals surface area (Å²) in [6, 6.07) is 11.9. The van der Waals surface area contributed by atoms with Crippen molar-refractivity contribution in [3.8, 4) is 0 Å². The molecule has 0 radical (unpaired) electrons. The molecule has 2 heterocycles. The van der Waals surface area contributed by atoms with Gasteiger partial charge in [-0.25, -0.2) is 9.78 Å². The molecule has 120 valence electrons. The van der Waals surface area contributed by atoms with Gasteiger partial charge in [0.05, 0.1) is 5.69 Å². The van der Waals surface area contributed by atoms with Crippen molar-refractivity contribution < 1.29 is 14.7 Å². The highest BCUT2D eigenvalue weighted by Crippen LogP contribution is 2.25. The van der Waals surface area contributed by atoms with Crippen molar-refractivity contribution in [2.24, 2.45) is 10.2 Å². The number of imidazole rings is 1. The highest BCUT2D eigenvalue weighted by atomic mass is 16.4. The van der Waals surface area contributed by atoms with Crippen molar-refractivity contribution in [3.05, 3.63) is 59.4 Å². The minimum Gasteiger partial charge on any atom is -0.476 e. The fourth-order valence-corrected chi connectivity index (χ4v) is 2.34. The van der Waals surface area contributed by atoms with Gasteiger partial charge in [0, 0.05) is 11.3 Å². The highest BCUT2D eigenvalue weighted by Gasteiger charge is 2.19. The minimum atomic E-state index is -1.17. The fraction of sp³-hybridized carbons (Fsp3) is 0.118. The van der Waals surface area contributed by atoms with E-state index in [1.165, 1.54) is 6.92 Å². The number of carbonyl (C=O) groups excluding carboxylic acids is 1. The molecule has 3 aromatic rings. The van der Waals surface area contributed by atoms with Gasteiger partial charge in [-0.3, -0.25) is 9.20 Å². The Morgan fingerprint density at radius 2 is 1.79 bits per heavy atom. The lowest BCUT2D eigenvalue weighted by molar-refractivity contribution is 0.0692. The van der Waals surface area contributed by atoms with Crippen LogP contribution < -0.4 is 0 Å². The predicted octanol–water partition coefficient (Wildman–Crippen LogP) is 3.96. The molecule has 0 unspecified atom stereocenters. The Hall–Kier alpha value is -3.35. The van der Waals surface area contributed by atoms with Gasteiger partial charge in [0.25, 0.3) is 0 Å². The number of nitrogens with zero attached hydrogens (tertiary/aromatic N) is 4. The second kappa shape index (κ2) is 6.04. The predicted molar refractivity (Wildman–Crippen MR) is 87.5 cm³/mol. The third-order valence-corrected chi connectivity index (χ3v) is 3.55. The van der Waals surface area contributed by atoms with Crippen LogP contribution in [0, 0.1) is 6.92 Å². The van der Waals surface area contributed by atoms with E-state index in [-0.39, 0.29) is 17.3 Å². The van der Waals surface area contributed by atoms with E-state index < -0.39 is 5.97 Å². The molecule has 1 aromatic carbocycles. The number of Topliss-reactive ketones (excluding diaryl/α,β-unsaturated/α-hetero) is 1. The number of aryl methyl sites for hydroxylation is 1. The molecule has 0 spiro atoms. The second-order valence-corrected chi connectivity index (χ2v) is 5.25. The van der Waals surface area contributed by atoms with Crippen molar-refractivity contribution >= 4 is 28.9 Å². The number of hydrogen-bond acceptors (Lipinski definition) is 5. The molecule has 0 saturated heterocycles. The van der Waals surface area contributed by atoms with Crippen molar-refractivity contribution in [1.82, 2.24) is 9.38 Å². The van der Waals surface area contributed by atoms with Crippen LogP contribution in [-0.2, 0) is 0 Å². The molecule has 24 heavy (non-hydrogen) atoms. The topological polar surface area (TPSA) is 96.4 Å². The smallest absolute Gasteiger partial charge is 0.358 e. The lowest BCUT2D eigenvalue weighted by Gasteiger charge is -2.01. The number of pyridine rings is 1. The number of benzene rings is 1. The van der Waals surface area contributed by atoms with Gasteiger partial charge in [-0.05, 0) is 50.2 Å². The first-order valence-electron chi connectivity index (χ1n) is 7.21. The first-order valence-corrected chi connectivity index (χ1v) is 7.21. The molecule has 7 nitrogen and oxygen atoms in total. The number of carbonyl (C=O) groups is 2. The van der Waals surface area contributed by atoms with Crippen LogP contribution in [0.25, 0.3) is 5.65 Å². The van der Waals surface area contributed by atoms with Crippen LogP contribution >= 0.6 is 0 Å². The van der Waals surface area contributed by atoms with Gasteiger partial charge < -0.3 is 5.11 Å². The number of fused-ring (bicyclic) bond motifs is 1. The summed E-state index contributed by atoms with van der Waals surface area (Å²) in [4.78, 5) is 26.8. The molecule has 0 amide bonds. The van der Waals surface area contributed by atoms with E-state index in [1.54, 1.807) is 40.8 Å². The summed E-state index contributed by atoms with van der Waals surface area (Å²) in [5, 5.41) is 17.5. The van der Waals surface area contributed by atoms with Crippen LogP contribution in [0.1, 0.15) is 33.5 Å². The van der Waals surface area contributed by atoms with Crippen LogP contribution in [0.15, 0.2) is 52.7 Å². The maximum Gasteiger partial charge on any atom is 0.358 e. The number of carboxylic acid groups (broad SMARTS) is 1. The lowest BCUT2D eigenvalue weighted by atomic mass is 10.1. The van der Waals surface area contributed by atoms with E-state index in [4.69, 9.17) is 0 Å². The van der Waals surface area contributed by atoms with Gasteiger partial charge in [-0.2, -0.15) is 0 Å². The molecule has 0 atom stereocenters. The van der Waals surface area contributed by atoms with Crippen LogP contribution in [0.3, 0.4) is 0 Å². The van der Waals surface area contributed by atoms with Crippen molar-refractivity contribution in [3.63, 3.8) is 0 Å². The molecule has 0 aliphatic rings. The Labute approximate surface area is 137 Å². The molecule has 0 aliphatic heterocycles. The summed E-state index contributed by atoms with van der Waals surface area (Å²) in [5.74, 6) is -1.05. The average molecular weight is 322 g/mol. The Kier molecular flexibility index (Phi) is 3.91. The first kappa shape index (κ1) is 15.5. The Balaban J connectivity index is 2.07. The number of azo groups is 1. The Bertz CT molecular complexity index is 971. The third kappa shape index (κ3) is 2.79. The Morgan fingerprint density at radius 3 is 2.42 bits per heavy atom. The highest BCUT2D eigenvalue weighted by molar-refractivity contribution is 5.94. The molecule has 3 rings (SSSR count). The van der Waals surface area contributed by atoms with Crippen molar-refractivity contribution in [2.75, 3.05) is 0 Å². The van der Waals surface area contributed by atoms with Crippen LogP contribution in [0.5, 0.6) is 0 Å². The monoisotopic (exact) mass is 322 g/mol.